The van der Waals surface area contributed by atoms with Crippen LogP contribution in [0.5, 0.6) is 5.75 Å². The van der Waals surface area contributed by atoms with Gasteiger partial charge in [-0.1, -0.05) is 48.0 Å². The van der Waals surface area contributed by atoms with Crippen LogP contribution < -0.4 is 9.64 Å². The average Bonchev–Trinajstić information content (AvgIpc) is 3.29. The summed E-state index contributed by atoms with van der Waals surface area (Å²) in [6.07, 6.45) is 0.144. The lowest BCUT2D eigenvalue weighted by atomic mass is 10.2. The van der Waals surface area contributed by atoms with Crippen molar-refractivity contribution in [1.29, 1.82) is 0 Å². The Kier molecular flexibility index (Phi) is 10.1. The molecule has 2 aromatic carbocycles. The summed E-state index contributed by atoms with van der Waals surface area (Å²) in [4.78, 5) is 41.1. The van der Waals surface area contributed by atoms with Crippen LogP contribution in [-0.4, -0.2) is 47.6 Å². The first-order chi connectivity index (χ1) is 19.2. The fourth-order valence-electron chi connectivity index (χ4n) is 3.84. The second-order valence-corrected chi connectivity index (χ2v) is 12.1. The third-order valence-electron chi connectivity index (χ3n) is 5.45. The zero-order valence-corrected chi connectivity index (χ0v) is 26.5. The van der Waals surface area contributed by atoms with E-state index in [-0.39, 0.29) is 30.1 Å². The molecule has 0 saturated heterocycles. The van der Waals surface area contributed by atoms with Crippen molar-refractivity contribution in [1.82, 2.24) is 4.57 Å². The van der Waals surface area contributed by atoms with Crippen molar-refractivity contribution >= 4 is 62.3 Å². The lowest BCUT2D eigenvalue weighted by molar-refractivity contribution is 0.0489. The minimum atomic E-state index is -0.856. The van der Waals surface area contributed by atoms with Crippen LogP contribution in [0.3, 0.4) is 0 Å². The van der Waals surface area contributed by atoms with Crippen LogP contribution >= 0.6 is 27.5 Å². The van der Waals surface area contributed by atoms with E-state index in [9.17, 15) is 14.4 Å². The first-order valence-electron chi connectivity index (χ1n) is 12.8. The summed E-state index contributed by atoms with van der Waals surface area (Å²) < 4.78 is 24.1. The molecule has 1 heterocycles. The molecule has 3 aromatic rings. The summed E-state index contributed by atoms with van der Waals surface area (Å²) in [5.41, 5.74) is 1.06. The molecule has 0 spiro atoms. The Hall–Kier alpha value is -3.50. The highest BCUT2D eigenvalue weighted by Gasteiger charge is 2.32. The normalized spacial score (nSPS) is 11.9. The summed E-state index contributed by atoms with van der Waals surface area (Å²) in [6.45, 7) is 10.6. The van der Waals surface area contributed by atoms with Crippen LogP contribution in [0, 0.1) is 0 Å². The molecular weight excluding hydrogens is 616 g/mol. The van der Waals surface area contributed by atoms with Crippen LogP contribution in [0.15, 0.2) is 58.5 Å². The monoisotopic (exact) mass is 648 g/mol. The number of carbonyl (C=O) groups is 3. The first-order valence-corrected chi connectivity index (χ1v) is 14.0. The maximum Gasteiger partial charge on any atom is 0.419 e. The van der Waals surface area contributed by atoms with Crippen LogP contribution in [0.25, 0.3) is 10.9 Å². The number of rotatable bonds is 7. The van der Waals surface area contributed by atoms with Crippen molar-refractivity contribution in [2.45, 2.75) is 59.4 Å². The van der Waals surface area contributed by atoms with E-state index in [1.165, 1.54) is 23.6 Å². The van der Waals surface area contributed by atoms with Gasteiger partial charge in [0, 0.05) is 23.5 Å². The Morgan fingerprint density at radius 3 is 2.20 bits per heavy atom. The maximum atomic E-state index is 13.5. The number of aromatic nitrogens is 1. The van der Waals surface area contributed by atoms with Gasteiger partial charge in [-0.25, -0.2) is 19.0 Å². The lowest BCUT2D eigenvalue weighted by Gasteiger charge is -2.28. The van der Waals surface area contributed by atoms with Gasteiger partial charge in [0.2, 0.25) is 0 Å². The van der Waals surface area contributed by atoms with Gasteiger partial charge in [0.15, 0.2) is 0 Å². The largest absolute Gasteiger partial charge is 0.487 e. The van der Waals surface area contributed by atoms with Crippen molar-refractivity contribution in [2.24, 2.45) is 0 Å². The van der Waals surface area contributed by atoms with E-state index in [0.717, 1.165) is 10.1 Å². The highest BCUT2D eigenvalue weighted by molar-refractivity contribution is 9.10. The number of hydrogen-bond acceptors (Lipinski definition) is 7. The molecule has 0 fully saturated rings. The Labute approximate surface area is 253 Å². The number of amides is 1. The molecule has 11 heteroatoms. The molecule has 1 aromatic heterocycles. The SMILES string of the molecule is COC(=O)c1cc2c(Br)c(N(C/C=C/Cl)C(=O)OC(C)(C)C)cc(OCc3ccccc3)c2n1C(=O)OC(C)(C)C. The van der Waals surface area contributed by atoms with Crippen LogP contribution in [0.2, 0.25) is 0 Å². The van der Waals surface area contributed by atoms with Gasteiger partial charge >= 0.3 is 18.2 Å². The van der Waals surface area contributed by atoms with Gasteiger partial charge in [-0.2, -0.15) is 0 Å². The molecular formula is C30H34BrClN2O7. The van der Waals surface area contributed by atoms with Gasteiger partial charge < -0.3 is 18.9 Å². The molecule has 0 aliphatic heterocycles. The van der Waals surface area contributed by atoms with E-state index in [2.05, 4.69) is 15.9 Å². The van der Waals surface area contributed by atoms with Crippen molar-refractivity contribution in [2.75, 3.05) is 18.6 Å². The molecule has 3 rings (SSSR count). The summed E-state index contributed by atoms with van der Waals surface area (Å²) in [5.74, 6) is -0.546. The smallest absolute Gasteiger partial charge is 0.419 e. The summed E-state index contributed by atoms with van der Waals surface area (Å²) in [7, 11) is 1.22. The zero-order chi connectivity index (χ0) is 30.5. The zero-order valence-electron chi connectivity index (χ0n) is 24.1. The summed E-state index contributed by atoms with van der Waals surface area (Å²) in [6, 6.07) is 12.5. The number of hydrogen-bond donors (Lipinski definition) is 0. The number of fused-ring (bicyclic) bond motifs is 1. The van der Waals surface area contributed by atoms with Crippen molar-refractivity contribution in [3.8, 4) is 5.75 Å². The Balaban J connectivity index is 2.34. The Morgan fingerprint density at radius 2 is 1.63 bits per heavy atom. The molecule has 0 atom stereocenters. The number of halogens is 2. The van der Waals surface area contributed by atoms with E-state index >= 15 is 0 Å². The standard InChI is InChI=1S/C30H34BrClN2O7/c1-29(2,3)40-27(36)33(15-11-14-32)21-17-23(39-18-19-12-9-8-10-13-19)25-20(24(21)31)16-22(26(35)38-7)34(25)28(37)41-30(4,5)6/h8-14,16-17H,15,18H2,1-7H3/b14-11+. The molecule has 0 saturated carbocycles. The number of methoxy groups -OCH3 is 1. The van der Waals surface area contributed by atoms with E-state index < -0.39 is 29.4 Å². The van der Waals surface area contributed by atoms with Crippen molar-refractivity contribution < 1.29 is 33.3 Å². The highest BCUT2D eigenvalue weighted by Crippen LogP contribution is 2.43. The number of esters is 1. The number of ether oxygens (including phenoxy) is 4. The third kappa shape index (κ3) is 8.04. The number of benzene rings is 2. The molecule has 220 valence electrons. The molecule has 41 heavy (non-hydrogen) atoms. The molecule has 1 amide bonds. The second kappa shape index (κ2) is 13.0. The van der Waals surface area contributed by atoms with E-state index in [1.807, 2.05) is 30.3 Å². The molecule has 0 aliphatic carbocycles. The molecule has 0 bridgehead atoms. The minimum Gasteiger partial charge on any atom is -0.487 e. The van der Waals surface area contributed by atoms with E-state index in [4.69, 9.17) is 30.5 Å². The lowest BCUT2D eigenvalue weighted by Crippen LogP contribution is -2.37. The number of nitrogens with zero attached hydrogens (tertiary/aromatic N) is 2. The predicted molar refractivity (Wildman–Crippen MR) is 162 cm³/mol. The number of anilines is 1. The minimum absolute atomic E-state index is 0.0667. The molecule has 0 radical (unpaired) electrons. The maximum absolute atomic E-state index is 13.5. The van der Waals surface area contributed by atoms with Crippen molar-refractivity contribution in [3.63, 3.8) is 0 Å². The number of carbonyl (C=O) groups excluding carboxylic acids is 3. The molecule has 0 N–H and O–H groups in total. The van der Waals surface area contributed by atoms with Crippen LogP contribution in [0.1, 0.15) is 57.6 Å². The Bertz CT molecular complexity index is 1450. The second-order valence-electron chi connectivity index (χ2n) is 11.0. The van der Waals surface area contributed by atoms with Gasteiger partial charge in [0.05, 0.1) is 17.3 Å². The van der Waals surface area contributed by atoms with Gasteiger partial charge in [0.1, 0.15) is 34.8 Å². The van der Waals surface area contributed by atoms with Gasteiger partial charge in [-0.3, -0.25) is 4.90 Å². The fourth-order valence-corrected chi connectivity index (χ4v) is 4.55. The average molecular weight is 650 g/mol. The Morgan fingerprint density at radius 1 is 1.00 bits per heavy atom. The summed E-state index contributed by atoms with van der Waals surface area (Å²) >= 11 is 9.42. The quantitative estimate of drug-likeness (QED) is 0.189. The summed E-state index contributed by atoms with van der Waals surface area (Å²) in [5, 5.41) is 0.403. The fraction of sp³-hybridized carbons (Fsp3) is 0.367. The first kappa shape index (κ1) is 32.0. The topological polar surface area (TPSA) is 96.3 Å². The molecule has 0 aliphatic rings. The van der Waals surface area contributed by atoms with Crippen molar-refractivity contribution in [3.05, 3.63) is 69.8 Å². The molecule has 9 nitrogen and oxygen atoms in total. The third-order valence-corrected chi connectivity index (χ3v) is 6.46. The predicted octanol–water partition coefficient (Wildman–Crippen LogP) is 8.05. The highest BCUT2D eigenvalue weighted by atomic mass is 79.9. The van der Waals surface area contributed by atoms with Crippen LogP contribution in [-0.2, 0) is 20.8 Å². The van der Waals surface area contributed by atoms with E-state index in [0.29, 0.717) is 15.5 Å². The van der Waals surface area contributed by atoms with Crippen LogP contribution in [0.4, 0.5) is 15.3 Å². The van der Waals surface area contributed by atoms with Gasteiger partial charge in [0.25, 0.3) is 0 Å². The van der Waals surface area contributed by atoms with Gasteiger partial charge in [-0.15, -0.1) is 0 Å². The van der Waals surface area contributed by atoms with Gasteiger partial charge in [-0.05, 0) is 69.1 Å². The van der Waals surface area contributed by atoms with E-state index in [1.54, 1.807) is 53.7 Å². The molecule has 0 unspecified atom stereocenters.